The van der Waals surface area contributed by atoms with Crippen LogP contribution in [0.15, 0.2) is 36.5 Å². The second-order valence-electron chi connectivity index (χ2n) is 7.85. The lowest BCUT2D eigenvalue weighted by Crippen LogP contribution is -2.39. The standard InChI is InChI=1S/C20H17B2F4N5O2/c21-19(22)9-30(5-6-33-11-19)18(32)15-7-16-14(8-27-15)17(29-31(16)10-20(24,25)26)28-13-3-1-12(23)2-4-13/h1-4,7-8H,5-6,9-11H2,(H,28,29). The van der Waals surface area contributed by atoms with E-state index in [4.69, 9.17) is 20.4 Å². The van der Waals surface area contributed by atoms with Crippen molar-refractivity contribution in [2.24, 2.45) is 0 Å². The van der Waals surface area contributed by atoms with Gasteiger partial charge in [0.2, 0.25) is 0 Å². The lowest BCUT2D eigenvalue weighted by Gasteiger charge is -2.29. The van der Waals surface area contributed by atoms with Crippen molar-refractivity contribution in [3.05, 3.63) is 48.0 Å². The Morgan fingerprint density at radius 1 is 1.24 bits per heavy atom. The zero-order valence-corrected chi connectivity index (χ0v) is 17.3. The molecule has 13 heteroatoms. The summed E-state index contributed by atoms with van der Waals surface area (Å²) in [6.45, 7) is -0.918. The number of carbonyl (C=O) groups excluding carboxylic acids is 1. The summed E-state index contributed by atoms with van der Waals surface area (Å²) in [6, 6.07) is 6.48. The number of fused-ring (bicyclic) bond motifs is 1. The van der Waals surface area contributed by atoms with Gasteiger partial charge in [-0.2, -0.15) is 18.3 Å². The molecule has 1 N–H and O–H groups in total. The van der Waals surface area contributed by atoms with Crippen LogP contribution in [0.3, 0.4) is 0 Å². The number of amides is 1. The highest BCUT2D eigenvalue weighted by Gasteiger charge is 2.31. The Morgan fingerprint density at radius 2 is 1.97 bits per heavy atom. The average molecular weight is 457 g/mol. The largest absolute Gasteiger partial charge is 0.408 e. The number of alkyl halides is 3. The summed E-state index contributed by atoms with van der Waals surface area (Å²) in [5.74, 6) is -0.926. The van der Waals surface area contributed by atoms with Gasteiger partial charge in [0.1, 0.15) is 18.1 Å². The van der Waals surface area contributed by atoms with Crippen molar-refractivity contribution in [3.63, 3.8) is 0 Å². The summed E-state index contributed by atoms with van der Waals surface area (Å²) in [4.78, 5) is 18.5. The highest BCUT2D eigenvalue weighted by molar-refractivity contribution is 6.40. The van der Waals surface area contributed by atoms with Gasteiger partial charge in [-0.15, -0.1) is 0 Å². The van der Waals surface area contributed by atoms with Crippen LogP contribution in [-0.2, 0) is 11.3 Å². The number of ether oxygens (including phenoxy) is 1. The highest BCUT2D eigenvalue weighted by atomic mass is 19.4. The van der Waals surface area contributed by atoms with Crippen molar-refractivity contribution in [2.45, 2.75) is 17.9 Å². The molecule has 168 valence electrons. The molecule has 0 saturated carbocycles. The van der Waals surface area contributed by atoms with Crippen LogP contribution in [-0.4, -0.2) is 73.7 Å². The first-order chi connectivity index (χ1) is 15.5. The van der Waals surface area contributed by atoms with Gasteiger partial charge in [0, 0.05) is 31.6 Å². The van der Waals surface area contributed by atoms with E-state index >= 15 is 0 Å². The molecule has 0 bridgehead atoms. The molecular formula is C20H17B2F4N5O2. The Hall–Kier alpha value is -3.08. The molecule has 1 fully saturated rings. The molecule has 1 amide bonds. The molecule has 0 atom stereocenters. The second-order valence-corrected chi connectivity index (χ2v) is 7.85. The second kappa shape index (κ2) is 8.69. The molecule has 4 rings (SSSR count). The van der Waals surface area contributed by atoms with Gasteiger partial charge in [0.25, 0.3) is 5.91 Å². The van der Waals surface area contributed by atoms with Gasteiger partial charge in [-0.25, -0.2) is 4.39 Å². The first-order valence-electron chi connectivity index (χ1n) is 9.91. The predicted molar refractivity (Wildman–Crippen MR) is 114 cm³/mol. The van der Waals surface area contributed by atoms with E-state index in [9.17, 15) is 22.4 Å². The third-order valence-corrected chi connectivity index (χ3v) is 4.94. The first kappa shape index (κ1) is 23.1. The zero-order chi connectivity index (χ0) is 23.8. The Labute approximate surface area is 188 Å². The fraction of sp³-hybridized carbons (Fsp3) is 0.350. The molecule has 0 unspecified atom stereocenters. The van der Waals surface area contributed by atoms with Crippen LogP contribution in [0.5, 0.6) is 0 Å². The Morgan fingerprint density at radius 3 is 2.67 bits per heavy atom. The minimum atomic E-state index is -4.56. The number of halogens is 4. The van der Waals surface area contributed by atoms with Crippen molar-refractivity contribution >= 4 is 44.0 Å². The Balaban J connectivity index is 1.71. The summed E-state index contributed by atoms with van der Waals surface area (Å²) < 4.78 is 58.7. The Kier molecular flexibility index (Phi) is 6.08. The van der Waals surface area contributed by atoms with Crippen molar-refractivity contribution in [2.75, 3.05) is 31.6 Å². The van der Waals surface area contributed by atoms with E-state index in [2.05, 4.69) is 15.4 Å². The van der Waals surface area contributed by atoms with Crippen LogP contribution < -0.4 is 5.32 Å². The van der Waals surface area contributed by atoms with Crippen LogP contribution in [0.1, 0.15) is 10.5 Å². The number of nitrogens with one attached hydrogen (secondary N) is 1. The molecule has 2 aromatic heterocycles. The molecule has 1 aromatic carbocycles. The molecule has 1 aliphatic heterocycles. The molecule has 1 saturated heterocycles. The topological polar surface area (TPSA) is 72.3 Å². The third kappa shape index (κ3) is 5.47. The summed E-state index contributed by atoms with van der Waals surface area (Å²) in [7, 11) is 11.8. The number of pyridine rings is 1. The number of nitrogens with zero attached hydrogens (tertiary/aromatic N) is 4. The SMILES string of the molecule is [B]C1([B])COCCN(C(=O)c2cc3c(cn2)c(Nc2ccc(F)cc2)nn3CC(F)(F)F)C1. The molecule has 4 radical (unpaired) electrons. The van der Waals surface area contributed by atoms with E-state index in [0.29, 0.717) is 5.69 Å². The van der Waals surface area contributed by atoms with E-state index in [0.717, 1.165) is 4.68 Å². The fourth-order valence-electron chi connectivity index (χ4n) is 3.49. The van der Waals surface area contributed by atoms with Crippen molar-refractivity contribution < 1.29 is 27.1 Å². The molecular weight excluding hydrogens is 440 g/mol. The van der Waals surface area contributed by atoms with E-state index in [1.807, 2.05) is 0 Å². The molecule has 1 aliphatic rings. The third-order valence-electron chi connectivity index (χ3n) is 4.94. The van der Waals surface area contributed by atoms with Gasteiger partial charge < -0.3 is 15.0 Å². The van der Waals surface area contributed by atoms with Crippen LogP contribution in [0.4, 0.5) is 29.1 Å². The summed E-state index contributed by atoms with van der Waals surface area (Å²) in [5, 5.41) is 5.86. The van der Waals surface area contributed by atoms with Crippen molar-refractivity contribution in [1.29, 1.82) is 0 Å². The maximum atomic E-state index is 13.2. The lowest BCUT2D eigenvalue weighted by atomic mass is 9.55. The molecule has 0 spiro atoms. The van der Waals surface area contributed by atoms with Crippen molar-refractivity contribution in [1.82, 2.24) is 19.7 Å². The predicted octanol–water partition coefficient (Wildman–Crippen LogP) is 2.80. The van der Waals surface area contributed by atoms with E-state index in [1.165, 1.54) is 41.4 Å². The van der Waals surface area contributed by atoms with Crippen LogP contribution in [0.25, 0.3) is 10.9 Å². The average Bonchev–Trinajstić information content (AvgIpc) is 2.93. The number of rotatable bonds is 4. The van der Waals surface area contributed by atoms with E-state index < -0.39 is 29.7 Å². The molecule has 3 heterocycles. The maximum absolute atomic E-state index is 13.2. The minimum absolute atomic E-state index is 0.00919. The highest BCUT2D eigenvalue weighted by Crippen LogP contribution is 2.29. The van der Waals surface area contributed by atoms with Gasteiger partial charge in [-0.1, -0.05) is 5.21 Å². The van der Waals surface area contributed by atoms with Crippen LogP contribution in [0, 0.1) is 5.82 Å². The van der Waals surface area contributed by atoms with Gasteiger partial charge in [0.15, 0.2) is 5.82 Å². The van der Waals surface area contributed by atoms with Gasteiger partial charge in [-0.05, 0) is 30.3 Å². The molecule has 7 nitrogen and oxygen atoms in total. The Bertz CT molecular complexity index is 1170. The summed E-state index contributed by atoms with van der Waals surface area (Å²) in [5.41, 5.74) is 0.381. The van der Waals surface area contributed by atoms with Crippen LogP contribution in [0.2, 0.25) is 5.21 Å². The normalized spacial score (nSPS) is 16.5. The number of carbonyl (C=O) groups is 1. The fourth-order valence-corrected chi connectivity index (χ4v) is 3.49. The van der Waals surface area contributed by atoms with Gasteiger partial charge in [0.05, 0.1) is 33.2 Å². The monoisotopic (exact) mass is 457 g/mol. The smallest absolute Gasteiger partial charge is 0.380 e. The van der Waals surface area contributed by atoms with E-state index in [1.54, 1.807) is 0 Å². The van der Waals surface area contributed by atoms with Gasteiger partial charge >= 0.3 is 6.18 Å². The molecule has 33 heavy (non-hydrogen) atoms. The lowest BCUT2D eigenvalue weighted by molar-refractivity contribution is -0.141. The summed E-state index contributed by atoms with van der Waals surface area (Å²) >= 11 is 0. The number of aromatic nitrogens is 3. The van der Waals surface area contributed by atoms with Crippen molar-refractivity contribution in [3.8, 4) is 0 Å². The maximum Gasteiger partial charge on any atom is 0.408 e. The number of hydrogen-bond acceptors (Lipinski definition) is 5. The minimum Gasteiger partial charge on any atom is -0.380 e. The zero-order valence-electron chi connectivity index (χ0n) is 17.3. The number of anilines is 2. The number of hydrogen-bond donors (Lipinski definition) is 1. The summed E-state index contributed by atoms with van der Waals surface area (Å²) in [6.07, 6.45) is -3.29. The van der Waals surface area contributed by atoms with E-state index in [-0.39, 0.29) is 48.7 Å². The number of benzene rings is 1. The quantitative estimate of drug-likeness (QED) is 0.482. The van der Waals surface area contributed by atoms with Crippen LogP contribution >= 0.6 is 0 Å². The molecule has 0 aliphatic carbocycles. The molecule has 3 aromatic rings. The first-order valence-corrected chi connectivity index (χ1v) is 9.91. The van der Waals surface area contributed by atoms with Gasteiger partial charge in [-0.3, -0.25) is 14.5 Å².